The van der Waals surface area contributed by atoms with Crippen LogP contribution >= 0.6 is 0 Å². The van der Waals surface area contributed by atoms with Crippen LogP contribution in [0.3, 0.4) is 0 Å². The molecule has 0 heterocycles. The van der Waals surface area contributed by atoms with Crippen molar-refractivity contribution in [3.63, 3.8) is 0 Å². The Labute approximate surface area is 152 Å². The van der Waals surface area contributed by atoms with Crippen LogP contribution in [0.4, 0.5) is 0 Å². The van der Waals surface area contributed by atoms with Crippen molar-refractivity contribution in [3.05, 3.63) is 77.9 Å². The number of hydrogen-bond acceptors (Lipinski definition) is 4. The van der Waals surface area contributed by atoms with E-state index in [1.165, 1.54) is 6.07 Å². The monoisotopic (exact) mass is 353 g/mol. The van der Waals surface area contributed by atoms with Gasteiger partial charge in [0.05, 0.1) is 6.10 Å². The molecule has 3 rings (SSSR count). The van der Waals surface area contributed by atoms with Crippen molar-refractivity contribution < 1.29 is 20.1 Å². The van der Waals surface area contributed by atoms with E-state index in [1.54, 1.807) is 18.2 Å². The topological polar surface area (TPSA) is 89.8 Å². The number of aromatic carboxylic acids is 1. The molecule has 26 heavy (non-hydrogen) atoms. The van der Waals surface area contributed by atoms with Gasteiger partial charge in [-0.1, -0.05) is 60.7 Å². The van der Waals surface area contributed by atoms with Gasteiger partial charge in [-0.3, -0.25) is 0 Å². The van der Waals surface area contributed by atoms with Crippen LogP contribution in [0, 0.1) is 0 Å². The fourth-order valence-corrected chi connectivity index (χ4v) is 2.52. The molecule has 0 radical (unpaired) electrons. The van der Waals surface area contributed by atoms with E-state index in [0.29, 0.717) is 5.39 Å². The van der Waals surface area contributed by atoms with E-state index in [2.05, 4.69) is 5.32 Å². The Morgan fingerprint density at radius 2 is 1.58 bits per heavy atom. The second-order valence-corrected chi connectivity index (χ2v) is 5.92. The van der Waals surface area contributed by atoms with Gasteiger partial charge in [0.25, 0.3) is 0 Å². The highest BCUT2D eigenvalue weighted by Crippen LogP contribution is 2.28. The Morgan fingerprint density at radius 1 is 0.962 bits per heavy atom. The largest absolute Gasteiger partial charge is 0.506 e. The molecule has 5 nitrogen and oxygen atoms in total. The highest BCUT2D eigenvalue weighted by Gasteiger charge is 2.13. The van der Waals surface area contributed by atoms with Crippen LogP contribution < -0.4 is 5.32 Å². The van der Waals surface area contributed by atoms with E-state index < -0.39 is 12.1 Å². The molecule has 2 atom stereocenters. The number of likely N-dealkylation sites (N-methyl/N-ethyl adjacent to an activating group) is 1. The SMILES string of the molecule is CN[C@H](C)[C@H](O)c1ccccc1.O=C(O)c1ccc2ccccc2c1O. The number of aliphatic hydroxyl groups is 1. The Hall–Kier alpha value is -2.89. The van der Waals surface area contributed by atoms with Crippen LogP contribution in [-0.2, 0) is 0 Å². The summed E-state index contributed by atoms with van der Waals surface area (Å²) in [6.07, 6.45) is -0.420. The first-order valence-electron chi connectivity index (χ1n) is 8.30. The summed E-state index contributed by atoms with van der Waals surface area (Å²) in [6, 6.07) is 19.9. The third kappa shape index (κ3) is 4.59. The molecule has 0 aliphatic rings. The molecule has 0 saturated heterocycles. The molecule has 0 unspecified atom stereocenters. The number of fused-ring (bicyclic) bond motifs is 1. The summed E-state index contributed by atoms with van der Waals surface area (Å²) >= 11 is 0. The molecule has 0 bridgehead atoms. The lowest BCUT2D eigenvalue weighted by Crippen LogP contribution is -2.28. The minimum atomic E-state index is -1.12. The number of carboxylic acid groups (broad SMARTS) is 1. The standard InChI is InChI=1S/C11H8O3.C10H15NO/c12-10-8-4-2-1-3-7(8)5-6-9(10)11(13)14;1-8(11-2)10(12)9-6-4-3-5-7-9/h1-6,12H,(H,13,14);3-8,10-12H,1-2H3/t;8-,10+/m.1/s1. The van der Waals surface area contributed by atoms with Crippen molar-refractivity contribution in [1.29, 1.82) is 0 Å². The number of aromatic hydroxyl groups is 1. The minimum absolute atomic E-state index is 0.0660. The van der Waals surface area contributed by atoms with Crippen molar-refractivity contribution in [2.45, 2.75) is 19.1 Å². The van der Waals surface area contributed by atoms with E-state index in [-0.39, 0.29) is 17.4 Å². The van der Waals surface area contributed by atoms with Gasteiger partial charge in [0.1, 0.15) is 11.3 Å². The zero-order valence-electron chi connectivity index (χ0n) is 14.8. The molecular weight excluding hydrogens is 330 g/mol. The van der Waals surface area contributed by atoms with Crippen LogP contribution in [0.1, 0.15) is 28.9 Å². The zero-order chi connectivity index (χ0) is 19.1. The summed E-state index contributed by atoms with van der Waals surface area (Å²) < 4.78 is 0. The fraction of sp³-hybridized carbons (Fsp3) is 0.190. The second kappa shape index (κ2) is 8.99. The summed E-state index contributed by atoms with van der Waals surface area (Å²) in [7, 11) is 1.84. The summed E-state index contributed by atoms with van der Waals surface area (Å²) in [6.45, 7) is 1.96. The smallest absolute Gasteiger partial charge is 0.339 e. The molecule has 0 aliphatic carbocycles. The maximum Gasteiger partial charge on any atom is 0.339 e. The van der Waals surface area contributed by atoms with Gasteiger partial charge in [0, 0.05) is 11.4 Å². The lowest BCUT2D eigenvalue weighted by atomic mass is 10.0. The molecular formula is C21H23NO4. The second-order valence-electron chi connectivity index (χ2n) is 5.92. The zero-order valence-corrected chi connectivity index (χ0v) is 14.8. The van der Waals surface area contributed by atoms with E-state index in [9.17, 15) is 15.0 Å². The number of phenols is 1. The van der Waals surface area contributed by atoms with Gasteiger partial charge >= 0.3 is 5.97 Å². The molecule has 0 aliphatic heterocycles. The molecule has 3 aromatic rings. The molecule has 0 aromatic heterocycles. The summed E-state index contributed by atoms with van der Waals surface area (Å²) in [4.78, 5) is 10.7. The summed E-state index contributed by atoms with van der Waals surface area (Å²) in [5.41, 5.74) is 0.892. The molecule has 0 amide bonds. The number of aliphatic hydroxyl groups excluding tert-OH is 1. The van der Waals surface area contributed by atoms with Crippen LogP contribution in [0.5, 0.6) is 5.75 Å². The predicted molar refractivity (Wildman–Crippen MR) is 102 cm³/mol. The van der Waals surface area contributed by atoms with Crippen LogP contribution in [-0.4, -0.2) is 34.4 Å². The van der Waals surface area contributed by atoms with Gasteiger partial charge in [0.2, 0.25) is 0 Å². The molecule has 0 fully saturated rings. The van der Waals surface area contributed by atoms with Gasteiger partial charge < -0.3 is 20.6 Å². The molecule has 3 aromatic carbocycles. The Bertz CT molecular complexity index is 864. The summed E-state index contributed by atoms with van der Waals surface area (Å²) in [5.74, 6) is -1.29. The first-order valence-corrected chi connectivity index (χ1v) is 8.30. The average molecular weight is 353 g/mol. The van der Waals surface area contributed by atoms with Crippen molar-refractivity contribution >= 4 is 16.7 Å². The number of benzene rings is 3. The van der Waals surface area contributed by atoms with Gasteiger partial charge in [0.15, 0.2) is 0 Å². The molecule has 4 N–H and O–H groups in total. The highest BCUT2D eigenvalue weighted by molar-refractivity contribution is 6.00. The van der Waals surface area contributed by atoms with Crippen LogP contribution in [0.15, 0.2) is 66.7 Å². The average Bonchev–Trinajstić information content (AvgIpc) is 2.68. The minimum Gasteiger partial charge on any atom is -0.506 e. The van der Waals surface area contributed by atoms with Crippen LogP contribution in [0.25, 0.3) is 10.8 Å². The van der Waals surface area contributed by atoms with E-state index >= 15 is 0 Å². The van der Waals surface area contributed by atoms with E-state index in [4.69, 9.17) is 5.11 Å². The first-order chi connectivity index (χ1) is 12.5. The third-order valence-corrected chi connectivity index (χ3v) is 4.20. The lowest BCUT2D eigenvalue weighted by Gasteiger charge is -2.17. The number of rotatable bonds is 4. The molecule has 0 spiro atoms. The maximum atomic E-state index is 10.7. The number of nitrogens with one attached hydrogen (secondary N) is 1. The van der Waals surface area contributed by atoms with Gasteiger partial charge in [-0.15, -0.1) is 0 Å². The van der Waals surface area contributed by atoms with E-state index in [1.807, 2.05) is 56.4 Å². The van der Waals surface area contributed by atoms with Crippen molar-refractivity contribution in [2.24, 2.45) is 0 Å². The number of hydrogen-bond donors (Lipinski definition) is 4. The number of carboxylic acids is 1. The van der Waals surface area contributed by atoms with Crippen molar-refractivity contribution in [3.8, 4) is 5.75 Å². The third-order valence-electron chi connectivity index (χ3n) is 4.20. The van der Waals surface area contributed by atoms with Gasteiger partial charge in [-0.05, 0) is 31.0 Å². The maximum absolute atomic E-state index is 10.7. The number of carbonyl (C=O) groups is 1. The van der Waals surface area contributed by atoms with Crippen LogP contribution in [0.2, 0.25) is 0 Å². The van der Waals surface area contributed by atoms with Gasteiger partial charge in [-0.25, -0.2) is 4.79 Å². The Morgan fingerprint density at radius 3 is 2.19 bits per heavy atom. The predicted octanol–water partition coefficient (Wildman–Crippen LogP) is 3.57. The molecule has 0 saturated carbocycles. The lowest BCUT2D eigenvalue weighted by molar-refractivity contribution is 0.0694. The highest BCUT2D eigenvalue weighted by atomic mass is 16.4. The Balaban J connectivity index is 0.000000190. The van der Waals surface area contributed by atoms with Crippen molar-refractivity contribution in [2.75, 3.05) is 7.05 Å². The first kappa shape index (κ1) is 19.4. The molecule has 5 heteroatoms. The normalized spacial score (nSPS) is 12.7. The van der Waals surface area contributed by atoms with E-state index in [0.717, 1.165) is 10.9 Å². The van der Waals surface area contributed by atoms with Gasteiger partial charge in [-0.2, -0.15) is 0 Å². The molecule has 136 valence electrons. The van der Waals surface area contributed by atoms with Crippen molar-refractivity contribution in [1.82, 2.24) is 5.32 Å². The quantitative estimate of drug-likeness (QED) is 0.576. The fourth-order valence-electron chi connectivity index (χ4n) is 2.52. The summed E-state index contributed by atoms with van der Waals surface area (Å²) in [5, 5.41) is 32.5. The Kier molecular flexibility index (Phi) is 6.72.